The van der Waals surface area contributed by atoms with E-state index in [1.54, 1.807) is 19.9 Å². The number of rotatable bonds is 22. The van der Waals surface area contributed by atoms with Gasteiger partial charge in [0.05, 0.1) is 37.6 Å². The van der Waals surface area contributed by atoms with Crippen LogP contribution >= 0.6 is 0 Å². The van der Waals surface area contributed by atoms with Gasteiger partial charge in [0.15, 0.2) is 0 Å². The zero-order valence-corrected chi connectivity index (χ0v) is 24.5. The number of benzene rings is 1. The highest BCUT2D eigenvalue weighted by Crippen LogP contribution is 2.26. The molecule has 37 heavy (non-hydrogen) atoms. The first-order valence-electron chi connectivity index (χ1n) is 13.6. The molecule has 0 radical (unpaired) electrons. The highest BCUT2D eigenvalue weighted by molar-refractivity contribution is 7.80. The molecule has 0 bridgehead atoms. The molecule has 1 N–H and O–H groups in total. The minimum Gasteiger partial charge on any atom is -0.493 e. The summed E-state index contributed by atoms with van der Waals surface area (Å²) in [7, 11) is -4.54. The molecule has 0 fully saturated rings. The lowest BCUT2D eigenvalue weighted by Crippen LogP contribution is -2.42. The maximum absolute atomic E-state index is 11.1. The molecule has 0 heterocycles. The van der Waals surface area contributed by atoms with Crippen molar-refractivity contribution in [1.29, 1.82) is 0 Å². The van der Waals surface area contributed by atoms with Crippen LogP contribution in [0.15, 0.2) is 36.9 Å². The average Bonchev–Trinajstić information content (AvgIpc) is 2.79. The van der Waals surface area contributed by atoms with Gasteiger partial charge < -0.3 is 14.2 Å². The van der Waals surface area contributed by atoms with Crippen LogP contribution in [0.4, 0.5) is 0 Å². The van der Waals surface area contributed by atoms with Crippen molar-refractivity contribution in [2.24, 2.45) is 5.92 Å². The lowest BCUT2D eigenvalue weighted by Gasteiger charge is -2.35. The van der Waals surface area contributed by atoms with Gasteiger partial charge in [-0.3, -0.25) is 4.55 Å². The van der Waals surface area contributed by atoms with E-state index in [4.69, 9.17) is 22.9 Å². The summed E-state index contributed by atoms with van der Waals surface area (Å²) in [6.45, 7) is 14.5. The number of hydrogen-bond donors (Lipinski definition) is 1. The van der Waals surface area contributed by atoms with Crippen LogP contribution in [0.1, 0.15) is 91.5 Å². The van der Waals surface area contributed by atoms with Crippen LogP contribution in [0.2, 0.25) is 0 Å². The van der Waals surface area contributed by atoms with Gasteiger partial charge in [0.2, 0.25) is 0 Å². The van der Waals surface area contributed by atoms with Gasteiger partial charge in [-0.2, -0.15) is 8.42 Å². The molecule has 0 spiro atoms. The van der Waals surface area contributed by atoms with Crippen molar-refractivity contribution in [3.63, 3.8) is 0 Å². The molecule has 0 amide bonds. The summed E-state index contributed by atoms with van der Waals surface area (Å²) in [5.74, 6) is 0.709. The van der Waals surface area contributed by atoms with Crippen molar-refractivity contribution in [3.05, 3.63) is 42.5 Å². The van der Waals surface area contributed by atoms with E-state index in [0.717, 1.165) is 12.2 Å². The van der Waals surface area contributed by atoms with Gasteiger partial charge in [-0.1, -0.05) is 63.7 Å². The summed E-state index contributed by atoms with van der Waals surface area (Å²) in [6.07, 6.45) is 12.2. The van der Waals surface area contributed by atoms with E-state index < -0.39 is 21.6 Å². The Morgan fingerprint density at radius 1 is 0.973 bits per heavy atom. The molecule has 8 heteroatoms. The summed E-state index contributed by atoms with van der Waals surface area (Å²) >= 11 is 0. The summed E-state index contributed by atoms with van der Waals surface area (Å²) in [5, 5.41) is 0. The quantitative estimate of drug-likeness (QED) is 0.0962. The van der Waals surface area contributed by atoms with Crippen LogP contribution in [0.3, 0.4) is 0 Å². The van der Waals surface area contributed by atoms with Gasteiger partial charge in [-0.25, -0.2) is 4.18 Å². The second-order valence-electron chi connectivity index (χ2n) is 10.8. The maximum Gasteiger partial charge on any atom is 0.397 e. The van der Waals surface area contributed by atoms with E-state index in [9.17, 15) is 8.42 Å². The van der Waals surface area contributed by atoms with Gasteiger partial charge in [-0.15, -0.1) is 6.58 Å². The monoisotopic (exact) mass is 542 g/mol. The van der Waals surface area contributed by atoms with Crippen molar-refractivity contribution in [2.75, 3.05) is 26.4 Å². The summed E-state index contributed by atoms with van der Waals surface area (Å²) in [5.41, 5.74) is -0.386. The van der Waals surface area contributed by atoms with Gasteiger partial charge in [-0.05, 0) is 58.2 Å². The zero-order chi connectivity index (χ0) is 27.8. The fourth-order valence-corrected chi connectivity index (χ4v) is 4.64. The molecule has 0 aromatic heterocycles. The molecule has 1 rings (SSSR count). The highest BCUT2D eigenvalue weighted by Gasteiger charge is 2.33. The van der Waals surface area contributed by atoms with Gasteiger partial charge in [0.1, 0.15) is 5.75 Å². The zero-order valence-electron chi connectivity index (χ0n) is 23.7. The van der Waals surface area contributed by atoms with E-state index in [-0.39, 0.29) is 18.9 Å². The molecule has 0 saturated carbocycles. The van der Waals surface area contributed by atoms with Crippen molar-refractivity contribution >= 4 is 10.4 Å². The number of unbranched alkanes of at least 4 members (excludes halogenated alkanes) is 6. The molecule has 1 unspecified atom stereocenters. The molecule has 0 saturated heterocycles. The molecule has 0 aliphatic rings. The average molecular weight is 543 g/mol. The largest absolute Gasteiger partial charge is 0.493 e. The van der Waals surface area contributed by atoms with Gasteiger partial charge in [0.25, 0.3) is 0 Å². The second kappa shape index (κ2) is 17.2. The fourth-order valence-electron chi connectivity index (χ4n) is 3.98. The summed E-state index contributed by atoms with van der Waals surface area (Å²) in [4.78, 5) is 0. The van der Waals surface area contributed by atoms with Crippen LogP contribution in [0, 0.1) is 5.92 Å². The minimum absolute atomic E-state index is 0.0922. The van der Waals surface area contributed by atoms with E-state index in [1.165, 1.54) is 50.5 Å². The lowest BCUT2D eigenvalue weighted by atomic mass is 9.92. The Hall–Kier alpha value is -1.45. The van der Waals surface area contributed by atoms with Crippen molar-refractivity contribution in [2.45, 2.75) is 104 Å². The standard InChI is InChI=1S/C29H50O7S/c1-7-9-10-11-12-13-14-15-25-16-18-27(19-17-25)34-24-26(23-33-21-8-2)29(5,6)35-22-20-28(3,4)36-37(30,31)32/h8,16-19,26H,2,7,9-15,20-24H2,1,3-6H3,(H,30,31,32). The third kappa shape index (κ3) is 16.2. The molecule has 214 valence electrons. The molecule has 1 atom stereocenters. The van der Waals surface area contributed by atoms with E-state index in [2.05, 4.69) is 25.6 Å². The van der Waals surface area contributed by atoms with E-state index >= 15 is 0 Å². The normalized spacial score (nSPS) is 13.5. The van der Waals surface area contributed by atoms with Gasteiger partial charge in [0, 0.05) is 12.3 Å². The SMILES string of the molecule is C=CCOCC(COc1ccc(CCCCCCCCC)cc1)C(C)(C)OCCC(C)(C)OS(=O)(=O)O. The van der Waals surface area contributed by atoms with Crippen molar-refractivity contribution in [3.8, 4) is 5.75 Å². The van der Waals surface area contributed by atoms with Crippen LogP contribution in [-0.2, 0) is 30.5 Å². The van der Waals surface area contributed by atoms with E-state index in [1.807, 2.05) is 26.0 Å². The Morgan fingerprint density at radius 2 is 1.59 bits per heavy atom. The number of hydrogen-bond acceptors (Lipinski definition) is 6. The molecular weight excluding hydrogens is 492 g/mol. The molecule has 0 aliphatic heterocycles. The first-order valence-corrected chi connectivity index (χ1v) is 15.0. The van der Waals surface area contributed by atoms with Crippen LogP contribution < -0.4 is 4.74 Å². The first kappa shape index (κ1) is 33.6. The van der Waals surface area contributed by atoms with Crippen LogP contribution in [0.25, 0.3) is 0 Å². The predicted molar refractivity (Wildman–Crippen MR) is 150 cm³/mol. The Morgan fingerprint density at radius 3 is 2.19 bits per heavy atom. The fraction of sp³-hybridized carbons (Fsp3) is 0.724. The number of aryl methyl sites for hydroxylation is 1. The van der Waals surface area contributed by atoms with E-state index in [0.29, 0.717) is 19.8 Å². The first-order chi connectivity index (χ1) is 17.4. The minimum atomic E-state index is -4.54. The maximum atomic E-state index is 11.1. The Bertz CT molecular complexity index is 848. The molecule has 1 aromatic carbocycles. The Balaban J connectivity index is 2.58. The smallest absolute Gasteiger partial charge is 0.397 e. The third-order valence-electron chi connectivity index (χ3n) is 6.49. The lowest BCUT2D eigenvalue weighted by molar-refractivity contribution is -0.102. The summed E-state index contributed by atoms with van der Waals surface area (Å²) < 4.78 is 53.8. The molecule has 0 aliphatic carbocycles. The highest BCUT2D eigenvalue weighted by atomic mass is 32.3. The van der Waals surface area contributed by atoms with Crippen molar-refractivity contribution < 1.29 is 31.4 Å². The molecular formula is C29H50O7S. The predicted octanol–water partition coefficient (Wildman–Crippen LogP) is 6.96. The Labute approximate surface area is 225 Å². The molecule has 1 aromatic rings. The third-order valence-corrected chi connectivity index (χ3v) is 7.15. The van der Waals surface area contributed by atoms with Gasteiger partial charge >= 0.3 is 10.4 Å². The Kier molecular flexibility index (Phi) is 15.6. The second-order valence-corrected chi connectivity index (χ2v) is 11.8. The topological polar surface area (TPSA) is 91.3 Å². The summed E-state index contributed by atoms with van der Waals surface area (Å²) in [6, 6.07) is 8.30. The van der Waals surface area contributed by atoms with Crippen LogP contribution in [-0.4, -0.2) is 50.6 Å². The van der Waals surface area contributed by atoms with Crippen LogP contribution in [0.5, 0.6) is 5.75 Å². The number of ether oxygens (including phenoxy) is 3. The molecule has 7 nitrogen and oxygen atoms in total. The van der Waals surface area contributed by atoms with Crippen molar-refractivity contribution in [1.82, 2.24) is 0 Å².